The normalized spacial score (nSPS) is 17.6. The largest absolute Gasteiger partial charge is 0.493 e. The molecule has 0 bridgehead atoms. The van der Waals surface area contributed by atoms with Crippen LogP contribution in [0, 0.1) is 0 Å². The molecule has 0 unspecified atom stereocenters. The van der Waals surface area contributed by atoms with E-state index in [1.807, 2.05) is 13.8 Å². The van der Waals surface area contributed by atoms with Crippen LogP contribution in [0.1, 0.15) is 32.8 Å². The van der Waals surface area contributed by atoms with E-state index in [2.05, 4.69) is 4.74 Å². The third kappa shape index (κ3) is 4.62. The van der Waals surface area contributed by atoms with Crippen molar-refractivity contribution in [1.29, 1.82) is 0 Å². The van der Waals surface area contributed by atoms with Crippen molar-refractivity contribution in [2.24, 2.45) is 0 Å². The van der Waals surface area contributed by atoms with Crippen molar-refractivity contribution in [3.8, 4) is 11.5 Å². The number of carbonyl (C=O) groups excluding carboxylic acids is 3. The van der Waals surface area contributed by atoms with E-state index >= 15 is 0 Å². The van der Waals surface area contributed by atoms with Gasteiger partial charge in [0.15, 0.2) is 11.5 Å². The van der Waals surface area contributed by atoms with Crippen molar-refractivity contribution >= 4 is 46.6 Å². The fourth-order valence-corrected chi connectivity index (χ4v) is 3.63. The summed E-state index contributed by atoms with van der Waals surface area (Å²) in [6, 6.07) is 2.29. The summed E-state index contributed by atoms with van der Waals surface area (Å²) in [4.78, 5) is 37.5. The summed E-state index contributed by atoms with van der Waals surface area (Å²) < 4.78 is 15.8. The molecule has 7 nitrogen and oxygen atoms in total. The molecule has 1 heterocycles. The SMILES string of the molecule is CC[C@@H](C)Oc1c(Cl)cc(/C=C2/SC(=O)N([C@H](C)C(=O)OC)C2=O)cc1OC. The first-order valence-corrected chi connectivity index (χ1v) is 9.81. The molecule has 2 atom stereocenters. The Bertz CT molecular complexity index is 825. The van der Waals surface area contributed by atoms with Crippen LogP contribution in [-0.2, 0) is 14.3 Å². The Hall–Kier alpha value is -2.19. The third-order valence-corrected chi connectivity index (χ3v) is 5.36. The summed E-state index contributed by atoms with van der Waals surface area (Å²) in [5.41, 5.74) is 0.564. The molecule has 2 amide bonds. The van der Waals surface area contributed by atoms with Crippen molar-refractivity contribution in [3.05, 3.63) is 27.6 Å². The van der Waals surface area contributed by atoms with Crippen LogP contribution in [0.4, 0.5) is 4.79 Å². The summed E-state index contributed by atoms with van der Waals surface area (Å²) in [6.07, 6.45) is 2.27. The first-order valence-electron chi connectivity index (χ1n) is 8.62. The number of nitrogens with zero attached hydrogens (tertiary/aromatic N) is 1. The second-order valence-corrected chi connectivity index (χ2v) is 7.52. The van der Waals surface area contributed by atoms with Gasteiger partial charge in [0.1, 0.15) is 6.04 Å². The van der Waals surface area contributed by atoms with Gasteiger partial charge in [0.2, 0.25) is 0 Å². The van der Waals surface area contributed by atoms with Crippen molar-refractivity contribution in [2.45, 2.75) is 39.3 Å². The van der Waals surface area contributed by atoms with Crippen LogP contribution < -0.4 is 9.47 Å². The number of rotatable bonds is 7. The molecule has 0 radical (unpaired) electrons. The highest BCUT2D eigenvalue weighted by atomic mass is 35.5. The van der Waals surface area contributed by atoms with Gasteiger partial charge in [-0.1, -0.05) is 18.5 Å². The zero-order valence-electron chi connectivity index (χ0n) is 16.3. The molecule has 28 heavy (non-hydrogen) atoms. The molecule has 0 saturated carbocycles. The monoisotopic (exact) mass is 427 g/mol. The van der Waals surface area contributed by atoms with Crippen LogP contribution in [0.3, 0.4) is 0 Å². The minimum absolute atomic E-state index is 0.0476. The second kappa shape index (κ2) is 9.34. The van der Waals surface area contributed by atoms with Crippen LogP contribution >= 0.6 is 23.4 Å². The summed E-state index contributed by atoms with van der Waals surface area (Å²) >= 11 is 7.09. The van der Waals surface area contributed by atoms with Gasteiger partial charge in [-0.2, -0.15) is 0 Å². The minimum Gasteiger partial charge on any atom is -0.493 e. The molecule has 1 aromatic carbocycles. The molecule has 1 fully saturated rings. The number of halogens is 1. The van der Waals surface area contributed by atoms with Gasteiger partial charge in [0.05, 0.1) is 30.3 Å². The molecule has 0 aliphatic carbocycles. The number of methoxy groups -OCH3 is 2. The minimum atomic E-state index is -1.01. The molecule has 152 valence electrons. The Morgan fingerprint density at radius 2 is 1.96 bits per heavy atom. The quantitative estimate of drug-likeness (QED) is 0.478. The van der Waals surface area contributed by atoms with E-state index < -0.39 is 23.2 Å². The van der Waals surface area contributed by atoms with E-state index in [1.54, 1.807) is 12.1 Å². The summed E-state index contributed by atoms with van der Waals surface area (Å²) in [6.45, 7) is 5.35. The van der Waals surface area contributed by atoms with Crippen molar-refractivity contribution in [2.75, 3.05) is 14.2 Å². The maximum atomic E-state index is 12.6. The first kappa shape index (κ1) is 22.1. The van der Waals surface area contributed by atoms with E-state index in [-0.39, 0.29) is 11.0 Å². The lowest BCUT2D eigenvalue weighted by Gasteiger charge is -2.18. The van der Waals surface area contributed by atoms with Gasteiger partial charge in [-0.05, 0) is 55.8 Å². The molecule has 0 spiro atoms. The molecule has 2 rings (SSSR count). The van der Waals surface area contributed by atoms with Crippen LogP contribution in [0.15, 0.2) is 17.0 Å². The molecule has 0 N–H and O–H groups in total. The summed E-state index contributed by atoms with van der Waals surface area (Å²) in [5, 5.41) is -0.211. The van der Waals surface area contributed by atoms with E-state index in [0.29, 0.717) is 22.1 Å². The van der Waals surface area contributed by atoms with Crippen LogP contribution in [0.5, 0.6) is 11.5 Å². The Morgan fingerprint density at radius 3 is 2.54 bits per heavy atom. The molecule has 1 aromatic rings. The van der Waals surface area contributed by atoms with Crippen molar-refractivity contribution < 1.29 is 28.6 Å². The Kier molecular flexibility index (Phi) is 7.37. The van der Waals surface area contributed by atoms with Crippen LogP contribution in [0.2, 0.25) is 5.02 Å². The fourth-order valence-electron chi connectivity index (χ4n) is 2.46. The van der Waals surface area contributed by atoms with Gasteiger partial charge < -0.3 is 14.2 Å². The van der Waals surface area contributed by atoms with Gasteiger partial charge in [-0.3, -0.25) is 14.5 Å². The number of amides is 2. The van der Waals surface area contributed by atoms with Crippen LogP contribution in [0.25, 0.3) is 6.08 Å². The second-order valence-electron chi connectivity index (χ2n) is 6.12. The number of thioether (sulfide) groups is 1. The highest BCUT2D eigenvalue weighted by molar-refractivity contribution is 8.18. The number of benzene rings is 1. The molecule has 1 aliphatic heterocycles. The lowest BCUT2D eigenvalue weighted by atomic mass is 10.1. The number of ether oxygens (including phenoxy) is 3. The highest BCUT2D eigenvalue weighted by Gasteiger charge is 2.41. The van der Waals surface area contributed by atoms with Gasteiger partial charge >= 0.3 is 5.97 Å². The van der Waals surface area contributed by atoms with Crippen molar-refractivity contribution in [3.63, 3.8) is 0 Å². The van der Waals surface area contributed by atoms with Gasteiger partial charge in [-0.25, -0.2) is 4.79 Å². The lowest BCUT2D eigenvalue weighted by molar-refractivity contribution is -0.148. The fraction of sp³-hybridized carbons (Fsp3) is 0.421. The van der Waals surface area contributed by atoms with Crippen molar-refractivity contribution in [1.82, 2.24) is 4.90 Å². The van der Waals surface area contributed by atoms with Crippen LogP contribution in [-0.4, -0.2) is 48.4 Å². The lowest BCUT2D eigenvalue weighted by Crippen LogP contribution is -2.42. The van der Waals surface area contributed by atoms with E-state index in [0.717, 1.165) is 23.1 Å². The number of hydrogen-bond donors (Lipinski definition) is 0. The van der Waals surface area contributed by atoms with E-state index in [4.69, 9.17) is 21.1 Å². The topological polar surface area (TPSA) is 82.1 Å². The number of hydrogen-bond acceptors (Lipinski definition) is 7. The predicted molar refractivity (Wildman–Crippen MR) is 108 cm³/mol. The Morgan fingerprint density at radius 1 is 1.29 bits per heavy atom. The zero-order valence-corrected chi connectivity index (χ0v) is 17.8. The first-order chi connectivity index (χ1) is 13.2. The Balaban J connectivity index is 2.35. The molecule has 0 aromatic heterocycles. The molecule has 1 aliphatic rings. The zero-order chi connectivity index (χ0) is 21.0. The van der Waals surface area contributed by atoms with Gasteiger partial charge in [0.25, 0.3) is 11.1 Å². The Labute approximate surface area is 172 Å². The predicted octanol–water partition coefficient (Wildman–Crippen LogP) is 4.12. The number of carbonyl (C=O) groups is 3. The van der Waals surface area contributed by atoms with Gasteiger partial charge in [0, 0.05) is 0 Å². The molecule has 9 heteroatoms. The highest BCUT2D eigenvalue weighted by Crippen LogP contribution is 2.40. The molecular formula is C19H22ClNO6S. The molecule has 1 saturated heterocycles. The van der Waals surface area contributed by atoms with E-state index in [1.165, 1.54) is 27.2 Å². The standard InChI is InChI=1S/C19H22ClNO6S/c1-6-10(2)27-16-13(20)7-12(8-14(16)25-4)9-15-17(22)21(19(24)28-15)11(3)18(23)26-5/h7-11H,6H2,1-5H3/b15-9+/t10-,11-/m1/s1. The maximum absolute atomic E-state index is 12.6. The van der Waals surface area contributed by atoms with E-state index in [9.17, 15) is 14.4 Å². The summed E-state index contributed by atoms with van der Waals surface area (Å²) in [5.74, 6) is -0.396. The smallest absolute Gasteiger partial charge is 0.328 e. The third-order valence-electron chi connectivity index (χ3n) is 4.20. The maximum Gasteiger partial charge on any atom is 0.328 e. The number of imide groups is 1. The average Bonchev–Trinajstić information content (AvgIpc) is 2.95. The summed E-state index contributed by atoms with van der Waals surface area (Å²) in [7, 11) is 2.69. The number of esters is 1. The average molecular weight is 428 g/mol. The van der Waals surface area contributed by atoms with Gasteiger partial charge in [-0.15, -0.1) is 0 Å². The molecular weight excluding hydrogens is 406 g/mol.